The maximum atomic E-state index is 4.39. The largest absolute Gasteiger partial charge is 0.188 e. The molecule has 24 heavy (non-hydrogen) atoms. The Labute approximate surface area is 142 Å². The number of hydrogen-bond donors (Lipinski definition) is 0. The van der Waals surface area contributed by atoms with Crippen molar-refractivity contribution in [2.45, 2.75) is 0 Å². The van der Waals surface area contributed by atoms with E-state index in [1.54, 1.807) is 0 Å². The van der Waals surface area contributed by atoms with Gasteiger partial charge in [0.15, 0.2) is 0 Å². The third kappa shape index (κ3) is 4.47. The van der Waals surface area contributed by atoms with E-state index in [-0.39, 0.29) is 0 Å². The molecule has 0 amide bonds. The van der Waals surface area contributed by atoms with Crippen LogP contribution in [0.1, 0.15) is 16.7 Å². The second-order valence-electron chi connectivity index (χ2n) is 5.05. The van der Waals surface area contributed by atoms with Crippen LogP contribution in [0, 0.1) is 23.8 Å². The van der Waals surface area contributed by atoms with E-state index in [0.717, 1.165) is 16.7 Å². The van der Waals surface area contributed by atoms with Crippen LogP contribution in [0.25, 0.3) is 0 Å². The van der Waals surface area contributed by atoms with Crippen LogP contribution in [0.2, 0.25) is 0 Å². The first-order valence-corrected chi connectivity index (χ1v) is 7.68. The van der Waals surface area contributed by atoms with Crippen molar-refractivity contribution in [3.05, 3.63) is 108 Å². The van der Waals surface area contributed by atoms with Gasteiger partial charge in [-0.25, -0.2) is 0 Å². The van der Waals surface area contributed by atoms with Crippen LogP contribution in [0.4, 0.5) is 0 Å². The van der Waals surface area contributed by atoms with Crippen molar-refractivity contribution < 1.29 is 0 Å². The summed E-state index contributed by atoms with van der Waals surface area (Å²) in [5.41, 5.74) is 3.52. The average molecular weight is 305 g/mol. The highest BCUT2D eigenvalue weighted by Gasteiger charge is 1.98. The third-order valence-corrected chi connectivity index (χ3v) is 3.29. The van der Waals surface area contributed by atoms with Gasteiger partial charge in [-0.15, -0.1) is 0 Å². The first-order chi connectivity index (χ1) is 11.9. The second-order valence-corrected chi connectivity index (χ2v) is 5.05. The molecule has 112 valence electrons. The Morgan fingerprint density at radius 2 is 1.08 bits per heavy atom. The minimum absolute atomic E-state index is 0.669. The van der Waals surface area contributed by atoms with Crippen molar-refractivity contribution in [1.82, 2.24) is 0 Å². The number of rotatable bonds is 1. The molecule has 0 aliphatic heterocycles. The molecule has 3 rings (SSSR count). The predicted molar refractivity (Wildman–Crippen MR) is 99.6 cm³/mol. The van der Waals surface area contributed by atoms with Gasteiger partial charge in [0.25, 0.3) is 0 Å². The van der Waals surface area contributed by atoms with E-state index in [1.807, 2.05) is 91.0 Å². The van der Waals surface area contributed by atoms with E-state index in [0.29, 0.717) is 5.71 Å². The predicted octanol–water partition coefficient (Wildman–Crippen LogP) is 4.54. The number of hydrogen-bond acceptors (Lipinski definition) is 1. The first kappa shape index (κ1) is 15.3. The Hall–Kier alpha value is -3.55. The Morgan fingerprint density at radius 1 is 0.583 bits per heavy atom. The molecular weight excluding hydrogens is 290 g/mol. The fourth-order valence-corrected chi connectivity index (χ4v) is 2.08. The van der Waals surface area contributed by atoms with Gasteiger partial charge in [-0.1, -0.05) is 72.7 Å². The minimum Gasteiger partial charge on any atom is -0.188 e. The second kappa shape index (κ2) is 8.18. The van der Waals surface area contributed by atoms with Crippen LogP contribution in [-0.4, -0.2) is 5.71 Å². The van der Waals surface area contributed by atoms with Crippen molar-refractivity contribution in [2.24, 2.45) is 4.99 Å². The molecule has 0 radical (unpaired) electrons. The molecule has 3 aromatic carbocycles. The molecule has 0 spiro atoms. The van der Waals surface area contributed by atoms with Crippen molar-refractivity contribution in [2.75, 3.05) is 0 Å². The Morgan fingerprint density at radius 3 is 1.67 bits per heavy atom. The Bertz CT molecular complexity index is 932. The summed E-state index contributed by atoms with van der Waals surface area (Å²) < 4.78 is 0. The van der Waals surface area contributed by atoms with E-state index in [9.17, 15) is 0 Å². The van der Waals surface area contributed by atoms with Crippen LogP contribution >= 0.6 is 0 Å². The SMILES string of the molecule is C(#Cc1ccccc1)N=C(C#Cc1ccccc1)c1ccccc1. The molecule has 0 aliphatic carbocycles. The van der Waals surface area contributed by atoms with Crippen LogP contribution in [0.15, 0.2) is 96.0 Å². The lowest BCUT2D eigenvalue weighted by Crippen LogP contribution is -1.96. The van der Waals surface area contributed by atoms with Gasteiger partial charge < -0.3 is 0 Å². The van der Waals surface area contributed by atoms with Crippen LogP contribution in [-0.2, 0) is 0 Å². The fraction of sp³-hybridized carbons (Fsp3) is 0. The van der Waals surface area contributed by atoms with Crippen molar-refractivity contribution in [3.8, 4) is 23.8 Å². The quantitative estimate of drug-likeness (QED) is 0.462. The molecule has 0 bridgehead atoms. The zero-order valence-corrected chi connectivity index (χ0v) is 13.1. The molecule has 0 atom stereocenters. The number of benzene rings is 3. The average Bonchev–Trinajstić information content (AvgIpc) is 2.67. The molecule has 0 aliphatic rings. The molecule has 0 aromatic heterocycles. The van der Waals surface area contributed by atoms with Gasteiger partial charge >= 0.3 is 0 Å². The van der Waals surface area contributed by atoms with Crippen molar-refractivity contribution in [3.63, 3.8) is 0 Å². The summed E-state index contributed by atoms with van der Waals surface area (Å²) in [5.74, 6) is 9.32. The summed E-state index contributed by atoms with van der Waals surface area (Å²) in [6, 6.07) is 32.4. The topological polar surface area (TPSA) is 12.4 Å². The summed E-state index contributed by atoms with van der Waals surface area (Å²) in [6.07, 6.45) is 0. The van der Waals surface area contributed by atoms with Crippen molar-refractivity contribution in [1.29, 1.82) is 0 Å². The standard InChI is InChI=1S/C23H15N/c1-4-10-20(11-5-1)16-17-23(22-14-8-3-9-15-22)24-19-18-21-12-6-2-7-13-21/h1-15H. The van der Waals surface area contributed by atoms with Crippen LogP contribution < -0.4 is 0 Å². The molecule has 3 aromatic rings. The van der Waals surface area contributed by atoms with Gasteiger partial charge in [0.1, 0.15) is 5.71 Å². The van der Waals surface area contributed by atoms with E-state index < -0.39 is 0 Å². The molecule has 0 heterocycles. The Kier molecular flexibility index (Phi) is 5.23. The highest BCUT2D eigenvalue weighted by atomic mass is 14.7. The van der Waals surface area contributed by atoms with Gasteiger partial charge in [-0.05, 0) is 36.1 Å². The van der Waals surface area contributed by atoms with E-state index in [2.05, 4.69) is 28.8 Å². The van der Waals surface area contributed by atoms with Crippen molar-refractivity contribution >= 4 is 5.71 Å². The lowest BCUT2D eigenvalue weighted by atomic mass is 10.1. The zero-order chi connectivity index (χ0) is 16.5. The van der Waals surface area contributed by atoms with Crippen LogP contribution in [0.5, 0.6) is 0 Å². The van der Waals surface area contributed by atoms with Gasteiger partial charge in [0.05, 0.1) is 0 Å². The molecule has 0 N–H and O–H groups in total. The first-order valence-electron chi connectivity index (χ1n) is 7.68. The summed E-state index contributed by atoms with van der Waals surface area (Å²) >= 11 is 0. The molecule has 1 nitrogen and oxygen atoms in total. The monoisotopic (exact) mass is 305 g/mol. The molecule has 0 saturated heterocycles. The summed E-state index contributed by atoms with van der Waals surface area (Å²) in [4.78, 5) is 4.39. The van der Waals surface area contributed by atoms with E-state index in [4.69, 9.17) is 0 Å². The lowest BCUT2D eigenvalue weighted by molar-refractivity contribution is 1.58. The summed E-state index contributed by atoms with van der Waals surface area (Å²) in [7, 11) is 0. The Balaban J connectivity index is 1.93. The van der Waals surface area contributed by atoms with Gasteiger partial charge in [0, 0.05) is 22.7 Å². The van der Waals surface area contributed by atoms with E-state index in [1.165, 1.54) is 0 Å². The normalized spacial score (nSPS) is 10.1. The van der Waals surface area contributed by atoms with Gasteiger partial charge in [0.2, 0.25) is 0 Å². The molecular formula is C23H15N. The number of aliphatic imine (C=N–C) groups is 1. The third-order valence-electron chi connectivity index (χ3n) is 3.29. The highest BCUT2D eigenvalue weighted by Crippen LogP contribution is 2.02. The lowest BCUT2D eigenvalue weighted by Gasteiger charge is -1.96. The minimum atomic E-state index is 0.669. The molecule has 0 saturated carbocycles. The smallest absolute Gasteiger partial charge is 0.131 e. The highest BCUT2D eigenvalue weighted by molar-refractivity contribution is 6.13. The maximum absolute atomic E-state index is 4.39. The fourth-order valence-electron chi connectivity index (χ4n) is 2.08. The molecule has 0 unspecified atom stereocenters. The van der Waals surface area contributed by atoms with Crippen LogP contribution in [0.3, 0.4) is 0 Å². The summed E-state index contributed by atoms with van der Waals surface area (Å²) in [6.45, 7) is 0. The molecule has 0 fully saturated rings. The number of nitrogens with zero attached hydrogens (tertiary/aromatic N) is 1. The van der Waals surface area contributed by atoms with E-state index >= 15 is 0 Å². The summed E-state index contributed by atoms with van der Waals surface area (Å²) in [5, 5.41) is 0. The van der Waals surface area contributed by atoms with Gasteiger partial charge in [-0.3, -0.25) is 0 Å². The maximum Gasteiger partial charge on any atom is 0.131 e. The molecule has 1 heteroatoms. The van der Waals surface area contributed by atoms with Gasteiger partial charge in [-0.2, -0.15) is 4.99 Å². The zero-order valence-electron chi connectivity index (χ0n) is 13.1.